The fourth-order valence-corrected chi connectivity index (χ4v) is 4.72. The first-order valence-corrected chi connectivity index (χ1v) is 10.0. The third kappa shape index (κ3) is 2.82. The SMILES string of the molecule is Cc1ccc2c(c1)/C(=c1/sc3n(c1=O)CN(c1cccc(C(=O)O)c1)CN=3)C(=O)N2. The van der Waals surface area contributed by atoms with Gasteiger partial charge in [0, 0.05) is 16.9 Å². The summed E-state index contributed by atoms with van der Waals surface area (Å²) in [7, 11) is 0. The van der Waals surface area contributed by atoms with Crippen LogP contribution in [0.4, 0.5) is 11.4 Å². The fourth-order valence-electron chi connectivity index (χ4n) is 3.67. The third-order valence-corrected chi connectivity index (χ3v) is 6.27. The molecule has 3 aromatic rings. The second-order valence-electron chi connectivity index (χ2n) is 7.16. The number of aromatic carboxylic acids is 1. The molecule has 0 saturated heterocycles. The van der Waals surface area contributed by atoms with Gasteiger partial charge in [-0.05, 0) is 37.3 Å². The minimum absolute atomic E-state index is 0.168. The molecule has 0 fully saturated rings. The van der Waals surface area contributed by atoms with Crippen LogP contribution in [0.5, 0.6) is 0 Å². The number of thiazole rings is 1. The molecule has 2 aliphatic heterocycles. The zero-order chi connectivity index (χ0) is 21.0. The molecular weight excluding hydrogens is 404 g/mol. The molecule has 2 N–H and O–H groups in total. The Hall–Kier alpha value is -3.72. The highest BCUT2D eigenvalue weighted by Gasteiger charge is 2.28. The maximum Gasteiger partial charge on any atom is 0.335 e. The largest absolute Gasteiger partial charge is 0.478 e. The zero-order valence-corrected chi connectivity index (χ0v) is 16.7. The van der Waals surface area contributed by atoms with Crippen molar-refractivity contribution in [3.63, 3.8) is 0 Å². The van der Waals surface area contributed by atoms with E-state index < -0.39 is 5.97 Å². The van der Waals surface area contributed by atoms with Crippen molar-refractivity contribution >= 4 is 40.2 Å². The van der Waals surface area contributed by atoms with Crippen LogP contribution in [0.3, 0.4) is 0 Å². The van der Waals surface area contributed by atoms with Crippen molar-refractivity contribution in [3.05, 3.63) is 78.8 Å². The summed E-state index contributed by atoms with van der Waals surface area (Å²) in [5.41, 5.74) is 3.34. The molecule has 0 aliphatic carbocycles. The van der Waals surface area contributed by atoms with Gasteiger partial charge in [0.15, 0.2) is 4.80 Å². The molecule has 0 saturated carbocycles. The maximum absolute atomic E-state index is 13.2. The van der Waals surface area contributed by atoms with Crippen LogP contribution in [0.1, 0.15) is 21.5 Å². The van der Waals surface area contributed by atoms with Gasteiger partial charge in [0.25, 0.3) is 11.5 Å². The average molecular weight is 420 g/mol. The van der Waals surface area contributed by atoms with Crippen LogP contribution < -0.4 is 25.1 Å². The van der Waals surface area contributed by atoms with E-state index in [1.165, 1.54) is 22.0 Å². The quantitative estimate of drug-likeness (QED) is 0.647. The van der Waals surface area contributed by atoms with Crippen LogP contribution in [-0.2, 0) is 11.5 Å². The molecule has 5 rings (SSSR count). The third-order valence-electron chi connectivity index (χ3n) is 5.16. The lowest BCUT2D eigenvalue weighted by atomic mass is 10.1. The molecule has 0 radical (unpaired) electrons. The maximum atomic E-state index is 13.2. The Morgan fingerprint density at radius 3 is 2.83 bits per heavy atom. The van der Waals surface area contributed by atoms with Crippen LogP contribution in [0.15, 0.2) is 52.3 Å². The van der Waals surface area contributed by atoms with E-state index >= 15 is 0 Å². The first kappa shape index (κ1) is 18.3. The standard InChI is InChI=1S/C21H16N4O4S/c1-11-5-6-15-14(7-11)16(18(26)23-15)17-19(27)25-10-24(9-22-21(25)30-17)13-4-2-3-12(8-13)20(28)29/h2-8H,9-10H2,1H3,(H,23,26)(H,28,29)/b17-16-. The lowest BCUT2D eigenvalue weighted by molar-refractivity contribution is -0.110. The lowest BCUT2D eigenvalue weighted by Gasteiger charge is -2.25. The van der Waals surface area contributed by atoms with Crippen molar-refractivity contribution in [2.75, 3.05) is 16.9 Å². The predicted molar refractivity (Wildman–Crippen MR) is 112 cm³/mol. The van der Waals surface area contributed by atoms with Gasteiger partial charge in [-0.15, -0.1) is 0 Å². The van der Waals surface area contributed by atoms with Crippen LogP contribution in [0.2, 0.25) is 0 Å². The van der Waals surface area contributed by atoms with E-state index in [2.05, 4.69) is 10.3 Å². The average Bonchev–Trinajstić information content (AvgIpc) is 3.23. The topological polar surface area (TPSA) is 104 Å². The van der Waals surface area contributed by atoms with Crippen molar-refractivity contribution in [1.82, 2.24) is 4.57 Å². The summed E-state index contributed by atoms with van der Waals surface area (Å²) in [6.07, 6.45) is 0. The summed E-state index contributed by atoms with van der Waals surface area (Å²) in [5, 5.41) is 12.0. The number of nitrogens with one attached hydrogen (secondary N) is 1. The summed E-state index contributed by atoms with van der Waals surface area (Å²) in [6, 6.07) is 12.2. The second-order valence-corrected chi connectivity index (χ2v) is 8.14. The highest BCUT2D eigenvalue weighted by atomic mass is 32.1. The molecule has 150 valence electrons. The lowest BCUT2D eigenvalue weighted by Crippen LogP contribution is -2.43. The van der Waals surface area contributed by atoms with Crippen molar-refractivity contribution < 1.29 is 14.7 Å². The number of rotatable bonds is 2. The number of carboxylic acids is 1. The first-order chi connectivity index (χ1) is 14.4. The molecule has 30 heavy (non-hydrogen) atoms. The van der Waals surface area contributed by atoms with Crippen LogP contribution in [0, 0.1) is 6.92 Å². The zero-order valence-electron chi connectivity index (χ0n) is 15.9. The highest BCUT2D eigenvalue weighted by molar-refractivity contribution is 7.07. The Morgan fingerprint density at radius 2 is 2.03 bits per heavy atom. The Bertz CT molecular complexity index is 1420. The minimum atomic E-state index is -1.01. The number of carboxylic acid groups (broad SMARTS) is 1. The molecule has 0 unspecified atom stereocenters. The highest BCUT2D eigenvalue weighted by Crippen LogP contribution is 2.30. The van der Waals surface area contributed by atoms with E-state index in [4.69, 9.17) is 0 Å². The van der Waals surface area contributed by atoms with Crippen molar-refractivity contribution in [2.24, 2.45) is 4.99 Å². The number of benzene rings is 2. The molecule has 0 spiro atoms. The van der Waals surface area contributed by atoms with Gasteiger partial charge in [-0.3, -0.25) is 14.2 Å². The molecule has 1 aromatic heterocycles. The number of nitrogens with zero attached hydrogens (tertiary/aromatic N) is 3. The molecular formula is C21H16N4O4S. The van der Waals surface area contributed by atoms with Crippen molar-refractivity contribution in [1.29, 1.82) is 0 Å². The minimum Gasteiger partial charge on any atom is -0.478 e. The summed E-state index contributed by atoms with van der Waals surface area (Å²) in [4.78, 5) is 43.9. The smallest absolute Gasteiger partial charge is 0.335 e. The fraction of sp³-hybridized carbons (Fsp3) is 0.143. The van der Waals surface area contributed by atoms with E-state index in [0.717, 1.165) is 11.1 Å². The molecule has 3 heterocycles. The van der Waals surface area contributed by atoms with Crippen molar-refractivity contribution in [3.8, 4) is 0 Å². The van der Waals surface area contributed by atoms with Crippen molar-refractivity contribution in [2.45, 2.75) is 13.6 Å². The van der Waals surface area contributed by atoms with Gasteiger partial charge in [-0.1, -0.05) is 29.0 Å². The van der Waals surface area contributed by atoms with Gasteiger partial charge in [0.05, 0.1) is 11.1 Å². The Labute approximate surface area is 174 Å². The first-order valence-electron chi connectivity index (χ1n) is 9.21. The van der Waals surface area contributed by atoms with Gasteiger partial charge >= 0.3 is 5.97 Å². The summed E-state index contributed by atoms with van der Waals surface area (Å²) in [5.74, 6) is -1.31. The van der Waals surface area contributed by atoms with Gasteiger partial charge < -0.3 is 15.3 Å². The Kier molecular flexibility index (Phi) is 4.07. The molecule has 0 bridgehead atoms. The number of aryl methyl sites for hydroxylation is 1. The normalized spacial score (nSPS) is 16.6. The van der Waals surface area contributed by atoms with Gasteiger partial charge in [-0.2, -0.15) is 0 Å². The van der Waals surface area contributed by atoms with Crippen LogP contribution in [-0.4, -0.2) is 28.2 Å². The second kappa shape index (κ2) is 6.67. The number of hydrogen-bond acceptors (Lipinski definition) is 6. The van der Waals surface area contributed by atoms with E-state index in [1.807, 2.05) is 30.0 Å². The number of fused-ring (bicyclic) bond motifs is 2. The Balaban J connectivity index is 1.62. The molecule has 0 atom stereocenters. The molecule has 2 aromatic carbocycles. The van der Waals surface area contributed by atoms with Gasteiger partial charge in [-0.25, -0.2) is 9.79 Å². The number of aromatic nitrogens is 1. The summed E-state index contributed by atoms with van der Waals surface area (Å²) >= 11 is 1.20. The van der Waals surface area contributed by atoms with E-state index in [-0.39, 0.29) is 23.7 Å². The number of carbonyl (C=O) groups is 2. The predicted octanol–water partition coefficient (Wildman–Crippen LogP) is 1.12. The summed E-state index contributed by atoms with van der Waals surface area (Å²) < 4.78 is 1.88. The number of hydrogen-bond donors (Lipinski definition) is 2. The molecule has 1 amide bonds. The number of carbonyl (C=O) groups excluding carboxylic acids is 1. The van der Waals surface area contributed by atoms with E-state index in [9.17, 15) is 19.5 Å². The molecule has 8 nitrogen and oxygen atoms in total. The van der Waals surface area contributed by atoms with Crippen LogP contribution >= 0.6 is 11.3 Å². The van der Waals surface area contributed by atoms with Gasteiger partial charge in [0.1, 0.15) is 17.9 Å². The summed E-state index contributed by atoms with van der Waals surface area (Å²) in [6.45, 7) is 2.46. The van der Waals surface area contributed by atoms with E-state index in [1.54, 1.807) is 18.2 Å². The molecule has 9 heteroatoms. The molecule has 2 aliphatic rings. The Morgan fingerprint density at radius 1 is 1.20 bits per heavy atom. The monoisotopic (exact) mass is 420 g/mol. The van der Waals surface area contributed by atoms with Gasteiger partial charge in [0.2, 0.25) is 0 Å². The van der Waals surface area contributed by atoms with E-state index in [0.29, 0.717) is 33.0 Å². The van der Waals surface area contributed by atoms with Crippen LogP contribution in [0.25, 0.3) is 5.57 Å². The number of amides is 1. The number of anilines is 2.